The van der Waals surface area contributed by atoms with E-state index in [1.807, 2.05) is 13.0 Å². The third kappa shape index (κ3) is 2.19. The molecule has 0 atom stereocenters. The third-order valence-electron chi connectivity index (χ3n) is 0.982. The van der Waals surface area contributed by atoms with Crippen molar-refractivity contribution in [3.05, 3.63) is 36.1 Å². The molecule has 0 bridgehead atoms. The highest BCUT2D eigenvalue weighted by Gasteiger charge is 1.91. The Hall–Kier alpha value is -1.49. The Balaban J connectivity index is 4.64. The van der Waals surface area contributed by atoms with E-state index in [9.17, 15) is 0 Å². The number of nitriles is 1. The fraction of sp³-hybridized carbons (Fsp3) is 0.125. The maximum absolute atomic E-state index is 8.43. The maximum atomic E-state index is 8.43. The second-order valence-electron chi connectivity index (χ2n) is 1.68. The topological polar surface area (TPSA) is 49.8 Å². The Labute approximate surface area is 61.0 Å². The van der Waals surface area contributed by atoms with Gasteiger partial charge in [0.15, 0.2) is 0 Å². The van der Waals surface area contributed by atoms with Crippen LogP contribution in [0.25, 0.3) is 0 Å². The van der Waals surface area contributed by atoms with Gasteiger partial charge in [-0.25, -0.2) is 0 Å². The molecule has 0 aromatic rings. The molecule has 0 fully saturated rings. The third-order valence-corrected chi connectivity index (χ3v) is 0.982. The normalized spacial score (nSPS) is 12.4. The van der Waals surface area contributed by atoms with E-state index in [0.717, 1.165) is 0 Å². The first-order chi connectivity index (χ1) is 4.76. The highest BCUT2D eigenvalue weighted by molar-refractivity contribution is 5.39. The van der Waals surface area contributed by atoms with Crippen LogP contribution in [0.2, 0.25) is 0 Å². The summed E-state index contributed by atoms with van der Waals surface area (Å²) < 4.78 is 0. The molecule has 0 heterocycles. The highest BCUT2D eigenvalue weighted by atomic mass is 14.6. The van der Waals surface area contributed by atoms with Gasteiger partial charge in [0.25, 0.3) is 0 Å². The standard InChI is InChI=1S/C8H10N2/c1-3-5-8(10)7(4-2)6-9/h3-5H,2,10H2,1H3/b5-3-,8-7-. The number of hydrogen-bond donors (Lipinski definition) is 1. The number of nitrogens with two attached hydrogens (primary N) is 1. The van der Waals surface area contributed by atoms with E-state index in [-0.39, 0.29) is 0 Å². The van der Waals surface area contributed by atoms with Gasteiger partial charge in [-0.05, 0) is 19.1 Å². The SMILES string of the molecule is C=C/C(C#N)=C(N)\C=C/C. The monoisotopic (exact) mass is 134 g/mol. The largest absolute Gasteiger partial charge is 0.398 e. The first kappa shape index (κ1) is 8.51. The van der Waals surface area contributed by atoms with Gasteiger partial charge in [0.2, 0.25) is 0 Å². The molecule has 0 aliphatic heterocycles. The minimum atomic E-state index is 0.415. The van der Waals surface area contributed by atoms with Crippen LogP contribution in [0.4, 0.5) is 0 Å². The van der Waals surface area contributed by atoms with Gasteiger partial charge < -0.3 is 5.73 Å². The van der Waals surface area contributed by atoms with Gasteiger partial charge in [-0.3, -0.25) is 0 Å². The molecule has 0 radical (unpaired) electrons. The zero-order chi connectivity index (χ0) is 7.98. The maximum Gasteiger partial charge on any atom is 0.101 e. The Morgan fingerprint density at radius 2 is 2.30 bits per heavy atom. The lowest BCUT2D eigenvalue weighted by atomic mass is 10.2. The summed E-state index contributed by atoms with van der Waals surface area (Å²) in [5, 5.41) is 8.43. The van der Waals surface area contributed by atoms with E-state index in [2.05, 4.69) is 6.58 Å². The second-order valence-corrected chi connectivity index (χ2v) is 1.68. The van der Waals surface area contributed by atoms with Crippen molar-refractivity contribution in [2.75, 3.05) is 0 Å². The van der Waals surface area contributed by atoms with E-state index in [4.69, 9.17) is 11.0 Å². The molecule has 0 aromatic heterocycles. The molecule has 0 unspecified atom stereocenters. The van der Waals surface area contributed by atoms with E-state index in [1.165, 1.54) is 6.08 Å². The minimum absolute atomic E-state index is 0.415. The Bertz CT molecular complexity index is 216. The van der Waals surface area contributed by atoms with Crippen molar-refractivity contribution in [1.29, 1.82) is 5.26 Å². The van der Waals surface area contributed by atoms with Crippen molar-refractivity contribution < 1.29 is 0 Å². The van der Waals surface area contributed by atoms with Crippen molar-refractivity contribution in [2.45, 2.75) is 6.92 Å². The van der Waals surface area contributed by atoms with Crippen molar-refractivity contribution in [1.82, 2.24) is 0 Å². The Morgan fingerprint density at radius 3 is 2.60 bits per heavy atom. The molecule has 0 saturated heterocycles. The summed E-state index contributed by atoms with van der Waals surface area (Å²) in [7, 11) is 0. The Kier molecular flexibility index (Phi) is 3.74. The smallest absolute Gasteiger partial charge is 0.101 e. The molecule has 0 spiro atoms. The predicted octanol–water partition coefficient (Wildman–Crippen LogP) is 1.48. The van der Waals surface area contributed by atoms with Gasteiger partial charge in [0.1, 0.15) is 6.07 Å². The van der Waals surface area contributed by atoms with E-state index in [0.29, 0.717) is 11.3 Å². The minimum Gasteiger partial charge on any atom is -0.398 e. The zero-order valence-corrected chi connectivity index (χ0v) is 5.96. The van der Waals surface area contributed by atoms with Crippen LogP contribution in [0.15, 0.2) is 36.1 Å². The first-order valence-corrected chi connectivity index (χ1v) is 2.91. The summed E-state index contributed by atoms with van der Waals surface area (Å²) >= 11 is 0. The first-order valence-electron chi connectivity index (χ1n) is 2.91. The number of hydrogen-bond acceptors (Lipinski definition) is 2. The van der Waals surface area contributed by atoms with Crippen LogP contribution in [0.3, 0.4) is 0 Å². The molecular formula is C8H10N2. The molecule has 0 amide bonds. The number of nitrogens with zero attached hydrogens (tertiary/aromatic N) is 1. The van der Waals surface area contributed by atoms with Crippen molar-refractivity contribution in [3.63, 3.8) is 0 Å². The molecule has 2 N–H and O–H groups in total. The van der Waals surface area contributed by atoms with E-state index >= 15 is 0 Å². The molecule has 10 heavy (non-hydrogen) atoms. The average molecular weight is 134 g/mol. The molecule has 0 aromatic carbocycles. The summed E-state index contributed by atoms with van der Waals surface area (Å²) in [6.07, 6.45) is 4.88. The van der Waals surface area contributed by atoms with Crippen LogP contribution in [0, 0.1) is 11.3 Å². The van der Waals surface area contributed by atoms with Crippen molar-refractivity contribution in [2.24, 2.45) is 5.73 Å². The highest BCUT2D eigenvalue weighted by Crippen LogP contribution is 1.99. The molecule has 0 aliphatic rings. The van der Waals surface area contributed by atoms with Crippen LogP contribution in [0.1, 0.15) is 6.92 Å². The predicted molar refractivity (Wildman–Crippen MR) is 41.8 cm³/mol. The van der Waals surface area contributed by atoms with Gasteiger partial charge in [0.05, 0.1) is 5.57 Å². The Morgan fingerprint density at radius 1 is 1.70 bits per heavy atom. The van der Waals surface area contributed by atoms with Crippen LogP contribution < -0.4 is 5.73 Å². The molecular weight excluding hydrogens is 124 g/mol. The van der Waals surface area contributed by atoms with Gasteiger partial charge in [-0.15, -0.1) is 0 Å². The van der Waals surface area contributed by atoms with E-state index < -0.39 is 0 Å². The van der Waals surface area contributed by atoms with Crippen LogP contribution in [-0.2, 0) is 0 Å². The molecule has 2 nitrogen and oxygen atoms in total. The van der Waals surface area contributed by atoms with Gasteiger partial charge in [-0.2, -0.15) is 5.26 Å². The molecule has 0 rings (SSSR count). The fourth-order valence-electron chi connectivity index (χ4n) is 0.497. The lowest BCUT2D eigenvalue weighted by Gasteiger charge is -1.91. The van der Waals surface area contributed by atoms with Crippen LogP contribution in [-0.4, -0.2) is 0 Å². The zero-order valence-electron chi connectivity index (χ0n) is 5.96. The van der Waals surface area contributed by atoms with Crippen molar-refractivity contribution in [3.8, 4) is 6.07 Å². The summed E-state index contributed by atoms with van der Waals surface area (Å²) in [4.78, 5) is 0. The molecule has 0 aliphatic carbocycles. The van der Waals surface area contributed by atoms with Crippen molar-refractivity contribution >= 4 is 0 Å². The van der Waals surface area contributed by atoms with Gasteiger partial charge >= 0.3 is 0 Å². The van der Waals surface area contributed by atoms with Crippen LogP contribution in [0.5, 0.6) is 0 Å². The summed E-state index contributed by atoms with van der Waals surface area (Å²) in [5.41, 5.74) is 6.32. The second kappa shape index (κ2) is 4.39. The molecule has 52 valence electrons. The number of rotatable bonds is 2. The summed E-state index contributed by atoms with van der Waals surface area (Å²) in [6, 6.07) is 1.92. The summed E-state index contributed by atoms with van der Waals surface area (Å²) in [5.74, 6) is 0. The van der Waals surface area contributed by atoms with Gasteiger partial charge in [-0.1, -0.05) is 12.7 Å². The fourth-order valence-corrected chi connectivity index (χ4v) is 0.497. The lowest BCUT2D eigenvalue weighted by Crippen LogP contribution is -1.96. The summed E-state index contributed by atoms with van der Waals surface area (Å²) in [6.45, 7) is 5.28. The van der Waals surface area contributed by atoms with E-state index in [1.54, 1.807) is 12.2 Å². The molecule has 2 heteroatoms. The lowest BCUT2D eigenvalue weighted by molar-refractivity contribution is 1.36. The quantitative estimate of drug-likeness (QED) is 0.459. The van der Waals surface area contributed by atoms with Gasteiger partial charge in [0, 0.05) is 5.70 Å². The number of allylic oxidation sites excluding steroid dienone is 4. The van der Waals surface area contributed by atoms with Crippen LogP contribution >= 0.6 is 0 Å². The molecule has 0 saturated carbocycles. The average Bonchev–Trinajstić information content (AvgIpc) is 1.91.